The summed E-state index contributed by atoms with van der Waals surface area (Å²) in [7, 11) is 3.39. The first-order valence-corrected chi connectivity index (χ1v) is 12.4. The molecule has 166 valence electrons. The molecule has 6 heteroatoms. The maximum Gasteiger partial charge on any atom is 0.129 e. The van der Waals surface area contributed by atoms with Gasteiger partial charge in [0.15, 0.2) is 0 Å². The van der Waals surface area contributed by atoms with Crippen molar-refractivity contribution in [2.75, 3.05) is 14.2 Å². The minimum atomic E-state index is 0.836. The Morgan fingerprint density at radius 1 is 0.559 bits per heavy atom. The van der Waals surface area contributed by atoms with Crippen molar-refractivity contribution < 1.29 is 9.47 Å². The van der Waals surface area contributed by atoms with E-state index in [-0.39, 0.29) is 0 Å². The first kappa shape index (κ1) is 20.8. The molecule has 0 saturated heterocycles. The van der Waals surface area contributed by atoms with Crippen LogP contribution >= 0.6 is 22.7 Å². The van der Waals surface area contributed by atoms with Crippen LogP contribution in [0.15, 0.2) is 84.9 Å². The van der Waals surface area contributed by atoms with Gasteiger partial charge in [0.05, 0.1) is 45.8 Å². The van der Waals surface area contributed by atoms with E-state index in [9.17, 15) is 0 Å². The van der Waals surface area contributed by atoms with Crippen LogP contribution in [0.2, 0.25) is 0 Å². The summed E-state index contributed by atoms with van der Waals surface area (Å²) in [6, 6.07) is 28.9. The Hall–Kier alpha value is -3.74. The average Bonchev–Trinajstić information content (AvgIpc) is 3.51. The number of nitrogens with zero attached hydrogens (tertiary/aromatic N) is 2. The molecule has 0 fully saturated rings. The molecule has 0 amide bonds. The molecule has 0 aliphatic heterocycles. The van der Waals surface area contributed by atoms with Crippen molar-refractivity contribution in [3.63, 3.8) is 0 Å². The molecule has 6 aromatic rings. The molecule has 0 atom stereocenters. The van der Waals surface area contributed by atoms with E-state index in [0.717, 1.165) is 64.2 Å². The molecule has 0 bridgehead atoms. The van der Waals surface area contributed by atoms with E-state index in [1.807, 2.05) is 36.4 Å². The first-order chi connectivity index (χ1) is 16.7. The fourth-order valence-corrected chi connectivity index (χ4v) is 6.15. The topological polar surface area (TPSA) is 44.2 Å². The highest BCUT2D eigenvalue weighted by atomic mass is 32.1. The van der Waals surface area contributed by atoms with E-state index in [2.05, 4.69) is 48.5 Å². The van der Waals surface area contributed by atoms with Gasteiger partial charge in [-0.3, -0.25) is 0 Å². The highest BCUT2D eigenvalue weighted by Crippen LogP contribution is 2.39. The number of hydrogen-bond acceptors (Lipinski definition) is 6. The fourth-order valence-electron chi connectivity index (χ4n) is 4.08. The van der Waals surface area contributed by atoms with Crippen LogP contribution in [0.1, 0.15) is 0 Å². The maximum atomic E-state index is 5.53. The summed E-state index contributed by atoms with van der Waals surface area (Å²) in [5.41, 5.74) is 6.35. The van der Waals surface area contributed by atoms with Crippen LogP contribution in [0.5, 0.6) is 11.5 Å². The van der Waals surface area contributed by atoms with Crippen LogP contribution in [0.3, 0.4) is 0 Å². The molecule has 4 aromatic carbocycles. The second-order valence-electron chi connectivity index (χ2n) is 7.80. The Bertz CT molecular complexity index is 1530. The summed E-state index contributed by atoms with van der Waals surface area (Å²) in [4.78, 5) is 9.70. The van der Waals surface area contributed by atoms with Gasteiger partial charge in [0.1, 0.15) is 21.5 Å². The summed E-state index contributed by atoms with van der Waals surface area (Å²) in [6.45, 7) is 0. The highest BCUT2D eigenvalue weighted by Gasteiger charge is 2.14. The summed E-state index contributed by atoms with van der Waals surface area (Å²) in [5, 5.41) is 1.92. The van der Waals surface area contributed by atoms with Gasteiger partial charge in [-0.2, -0.15) is 0 Å². The molecule has 0 aliphatic rings. The van der Waals surface area contributed by atoms with Crippen LogP contribution in [0, 0.1) is 0 Å². The normalized spacial score (nSPS) is 11.2. The van der Waals surface area contributed by atoms with Gasteiger partial charge in [-0.15, -0.1) is 22.7 Å². The van der Waals surface area contributed by atoms with Gasteiger partial charge >= 0.3 is 0 Å². The summed E-state index contributed by atoms with van der Waals surface area (Å²) in [6.07, 6.45) is 0. The largest absolute Gasteiger partial charge is 0.496 e. The van der Waals surface area contributed by atoms with Crippen LogP contribution in [-0.2, 0) is 0 Å². The quantitative estimate of drug-likeness (QED) is 0.251. The zero-order chi connectivity index (χ0) is 23.1. The van der Waals surface area contributed by atoms with E-state index >= 15 is 0 Å². The van der Waals surface area contributed by atoms with Crippen LogP contribution in [0.4, 0.5) is 0 Å². The Morgan fingerprint density at radius 2 is 1.00 bits per heavy atom. The third-order valence-electron chi connectivity index (χ3n) is 5.78. The Labute approximate surface area is 205 Å². The molecule has 2 aromatic heterocycles. The van der Waals surface area contributed by atoms with Crippen LogP contribution in [0.25, 0.3) is 52.7 Å². The van der Waals surface area contributed by atoms with Crippen molar-refractivity contribution in [2.24, 2.45) is 0 Å². The van der Waals surface area contributed by atoms with Gasteiger partial charge in [0.25, 0.3) is 0 Å². The van der Waals surface area contributed by atoms with Gasteiger partial charge in [0, 0.05) is 0 Å². The number of aromatic nitrogens is 2. The Kier molecular flexibility index (Phi) is 5.24. The SMILES string of the molecule is COc1ccccc1-c1nc2ccc(-c3ccc4nc(-c5ccccc5OC)sc4c3)cc2s1. The smallest absolute Gasteiger partial charge is 0.129 e. The zero-order valence-corrected chi connectivity index (χ0v) is 20.2. The molecule has 0 saturated carbocycles. The number of benzene rings is 4. The predicted octanol–water partition coefficient (Wildman–Crippen LogP) is 7.92. The average molecular weight is 481 g/mol. The van der Waals surface area contributed by atoms with E-state index in [4.69, 9.17) is 19.4 Å². The van der Waals surface area contributed by atoms with E-state index in [1.165, 1.54) is 0 Å². The Balaban J connectivity index is 1.39. The highest BCUT2D eigenvalue weighted by molar-refractivity contribution is 7.22. The molecule has 0 radical (unpaired) electrons. The van der Waals surface area contributed by atoms with Gasteiger partial charge < -0.3 is 9.47 Å². The van der Waals surface area contributed by atoms with Gasteiger partial charge in [-0.1, -0.05) is 36.4 Å². The molecular weight excluding hydrogens is 460 g/mol. The second-order valence-corrected chi connectivity index (χ2v) is 9.86. The van der Waals surface area contributed by atoms with E-state index in [1.54, 1.807) is 36.9 Å². The van der Waals surface area contributed by atoms with Gasteiger partial charge in [-0.05, 0) is 59.7 Å². The number of rotatable bonds is 5. The van der Waals surface area contributed by atoms with Crippen molar-refractivity contribution in [3.8, 4) is 43.8 Å². The van der Waals surface area contributed by atoms with E-state index in [0.29, 0.717) is 0 Å². The number of ether oxygens (including phenoxy) is 2. The Morgan fingerprint density at radius 3 is 1.44 bits per heavy atom. The molecule has 34 heavy (non-hydrogen) atoms. The van der Waals surface area contributed by atoms with Gasteiger partial charge in [0.2, 0.25) is 0 Å². The summed E-state index contributed by atoms with van der Waals surface area (Å²) < 4.78 is 13.4. The molecule has 2 heterocycles. The lowest BCUT2D eigenvalue weighted by Crippen LogP contribution is -1.86. The van der Waals surface area contributed by atoms with Crippen LogP contribution < -0.4 is 9.47 Å². The molecule has 0 unspecified atom stereocenters. The summed E-state index contributed by atoms with van der Waals surface area (Å²) in [5.74, 6) is 1.67. The van der Waals surface area contributed by atoms with Crippen molar-refractivity contribution >= 4 is 43.1 Å². The molecule has 0 spiro atoms. The molecule has 4 nitrogen and oxygen atoms in total. The third-order valence-corrected chi connectivity index (χ3v) is 7.89. The number of methoxy groups -OCH3 is 2. The summed E-state index contributed by atoms with van der Waals surface area (Å²) >= 11 is 3.37. The molecule has 6 rings (SSSR count). The van der Waals surface area contributed by atoms with Gasteiger partial charge in [-0.25, -0.2) is 9.97 Å². The van der Waals surface area contributed by atoms with E-state index < -0.39 is 0 Å². The lowest BCUT2D eigenvalue weighted by Gasteiger charge is -2.04. The number of hydrogen-bond donors (Lipinski definition) is 0. The second kappa shape index (κ2) is 8.56. The van der Waals surface area contributed by atoms with Crippen molar-refractivity contribution in [3.05, 3.63) is 84.9 Å². The maximum absolute atomic E-state index is 5.53. The minimum absolute atomic E-state index is 0.836. The lowest BCUT2D eigenvalue weighted by molar-refractivity contribution is 0.416. The number of fused-ring (bicyclic) bond motifs is 2. The first-order valence-electron chi connectivity index (χ1n) is 10.8. The minimum Gasteiger partial charge on any atom is -0.496 e. The number of thiazole rings is 2. The number of para-hydroxylation sites is 2. The predicted molar refractivity (Wildman–Crippen MR) is 142 cm³/mol. The van der Waals surface area contributed by atoms with Crippen LogP contribution in [-0.4, -0.2) is 24.2 Å². The third kappa shape index (κ3) is 3.61. The van der Waals surface area contributed by atoms with Crippen molar-refractivity contribution in [2.45, 2.75) is 0 Å². The molecule has 0 aliphatic carbocycles. The van der Waals surface area contributed by atoms with Crippen molar-refractivity contribution in [1.29, 1.82) is 0 Å². The zero-order valence-electron chi connectivity index (χ0n) is 18.6. The molecule has 0 N–H and O–H groups in total. The molecular formula is C28H20N2O2S2. The van der Waals surface area contributed by atoms with Crippen molar-refractivity contribution in [1.82, 2.24) is 9.97 Å². The standard InChI is InChI=1S/C28H20N2O2S2/c1-31-23-9-5-3-7-19(23)27-29-21-13-11-17(15-25(21)33-27)18-12-14-22-26(16-18)34-28(30-22)20-8-4-6-10-24(20)32-2/h3-16H,1-2H3. The monoisotopic (exact) mass is 480 g/mol. The lowest BCUT2D eigenvalue weighted by atomic mass is 10.1. The fraction of sp³-hybridized carbons (Fsp3) is 0.0714.